The summed E-state index contributed by atoms with van der Waals surface area (Å²) >= 11 is 0. The molecule has 2 atom stereocenters. The molecule has 138 valence electrons. The van der Waals surface area contributed by atoms with Gasteiger partial charge in [-0.2, -0.15) is 0 Å². The Kier molecular flexibility index (Phi) is 6.96. The molecular weight excluding hydrogens is 320 g/mol. The second-order valence-electron chi connectivity index (χ2n) is 7.01. The third-order valence-corrected chi connectivity index (χ3v) is 4.43. The zero-order valence-electron chi connectivity index (χ0n) is 16.7. The van der Waals surface area contributed by atoms with Crippen LogP contribution in [0.1, 0.15) is 25.0 Å². The summed E-state index contributed by atoms with van der Waals surface area (Å²) < 4.78 is 0. The van der Waals surface area contributed by atoms with E-state index >= 15 is 0 Å². The Morgan fingerprint density at radius 2 is 0.923 bits per heavy atom. The molecule has 2 aromatic rings. The molecule has 0 saturated heterocycles. The van der Waals surface area contributed by atoms with Crippen LogP contribution in [0.3, 0.4) is 0 Å². The summed E-state index contributed by atoms with van der Waals surface area (Å²) in [5.74, 6) is 0. The van der Waals surface area contributed by atoms with Gasteiger partial charge in [-0.3, -0.25) is 9.98 Å². The third-order valence-electron chi connectivity index (χ3n) is 4.43. The van der Waals surface area contributed by atoms with Crippen molar-refractivity contribution in [2.24, 2.45) is 9.98 Å². The van der Waals surface area contributed by atoms with Crippen molar-refractivity contribution in [3.8, 4) is 0 Å². The van der Waals surface area contributed by atoms with Gasteiger partial charge in [0.15, 0.2) is 0 Å². The van der Waals surface area contributed by atoms with E-state index in [-0.39, 0.29) is 12.1 Å². The minimum Gasteiger partial charge on any atom is -0.378 e. The summed E-state index contributed by atoms with van der Waals surface area (Å²) in [4.78, 5) is 13.5. The quantitative estimate of drug-likeness (QED) is 0.703. The fourth-order valence-electron chi connectivity index (χ4n) is 2.37. The van der Waals surface area contributed by atoms with E-state index < -0.39 is 0 Å². The van der Waals surface area contributed by atoms with Gasteiger partial charge in [-0.15, -0.1) is 0 Å². The predicted molar refractivity (Wildman–Crippen MR) is 116 cm³/mol. The molecule has 0 aliphatic rings. The number of hydrogen-bond donors (Lipinski definition) is 0. The van der Waals surface area contributed by atoms with E-state index in [9.17, 15) is 0 Å². The van der Waals surface area contributed by atoms with Gasteiger partial charge in [0.1, 0.15) is 0 Å². The number of anilines is 2. The largest absolute Gasteiger partial charge is 0.378 e. The van der Waals surface area contributed by atoms with Crippen LogP contribution in [0.4, 0.5) is 11.4 Å². The third kappa shape index (κ3) is 5.73. The number of rotatable bonds is 7. The Hall–Kier alpha value is -2.62. The van der Waals surface area contributed by atoms with E-state index in [4.69, 9.17) is 0 Å². The maximum Gasteiger partial charge on any atom is 0.0692 e. The Labute approximate surface area is 157 Å². The molecule has 0 saturated carbocycles. The molecule has 4 nitrogen and oxygen atoms in total. The van der Waals surface area contributed by atoms with Crippen LogP contribution in [0.15, 0.2) is 58.5 Å². The maximum absolute atomic E-state index is 4.66. The molecule has 0 unspecified atom stereocenters. The van der Waals surface area contributed by atoms with E-state index in [0.29, 0.717) is 0 Å². The summed E-state index contributed by atoms with van der Waals surface area (Å²) in [7, 11) is 8.16. The fourth-order valence-corrected chi connectivity index (χ4v) is 2.37. The van der Waals surface area contributed by atoms with Crippen LogP contribution < -0.4 is 9.80 Å². The van der Waals surface area contributed by atoms with Crippen molar-refractivity contribution in [2.75, 3.05) is 38.0 Å². The van der Waals surface area contributed by atoms with Gasteiger partial charge in [0.2, 0.25) is 0 Å². The van der Waals surface area contributed by atoms with Crippen LogP contribution in [0.2, 0.25) is 0 Å². The Balaban J connectivity index is 1.94. The van der Waals surface area contributed by atoms with Crippen molar-refractivity contribution in [1.82, 2.24) is 0 Å². The van der Waals surface area contributed by atoms with Crippen molar-refractivity contribution >= 4 is 23.8 Å². The number of benzene rings is 2. The molecule has 2 rings (SSSR count). The van der Waals surface area contributed by atoms with Gasteiger partial charge in [0.25, 0.3) is 0 Å². The molecule has 0 bridgehead atoms. The average Bonchev–Trinajstić information content (AvgIpc) is 2.64. The first-order valence-electron chi connectivity index (χ1n) is 8.98. The highest BCUT2D eigenvalue weighted by atomic mass is 15.1. The molecule has 0 aliphatic carbocycles. The topological polar surface area (TPSA) is 31.2 Å². The van der Waals surface area contributed by atoms with Crippen LogP contribution in [0.25, 0.3) is 0 Å². The molecule has 2 aromatic carbocycles. The van der Waals surface area contributed by atoms with Gasteiger partial charge in [-0.25, -0.2) is 0 Å². The normalized spacial score (nSPS) is 13.9. The second kappa shape index (κ2) is 9.18. The molecule has 26 heavy (non-hydrogen) atoms. The molecule has 0 heterocycles. The Morgan fingerprint density at radius 1 is 0.615 bits per heavy atom. The molecule has 0 fully saturated rings. The standard InChI is InChI=1S/C22H30N4/c1-17(23-15-19-7-11-21(12-8-19)25(3)4)18(2)24-16-20-9-13-22(14-10-20)26(5)6/h7-18H,1-6H3/t17-,18-/m0/s1. The lowest BCUT2D eigenvalue weighted by Crippen LogP contribution is -2.16. The highest BCUT2D eigenvalue weighted by Gasteiger charge is 2.07. The van der Waals surface area contributed by atoms with E-state index in [1.807, 2.05) is 40.6 Å². The minimum absolute atomic E-state index is 0.126. The smallest absolute Gasteiger partial charge is 0.0692 e. The monoisotopic (exact) mass is 350 g/mol. The number of hydrogen-bond acceptors (Lipinski definition) is 4. The molecular formula is C22H30N4. The van der Waals surface area contributed by atoms with Crippen LogP contribution in [-0.4, -0.2) is 52.7 Å². The van der Waals surface area contributed by atoms with Crippen molar-refractivity contribution in [3.05, 3.63) is 59.7 Å². The minimum atomic E-state index is 0.126. The molecule has 0 spiro atoms. The molecule has 0 aromatic heterocycles. The van der Waals surface area contributed by atoms with E-state index in [1.54, 1.807) is 0 Å². The van der Waals surface area contributed by atoms with Crippen LogP contribution in [-0.2, 0) is 0 Å². The molecule has 0 N–H and O–H groups in total. The van der Waals surface area contributed by atoms with Gasteiger partial charge >= 0.3 is 0 Å². The molecule has 0 amide bonds. The van der Waals surface area contributed by atoms with Gasteiger partial charge in [-0.1, -0.05) is 24.3 Å². The van der Waals surface area contributed by atoms with Gasteiger partial charge in [-0.05, 0) is 49.2 Å². The Morgan fingerprint density at radius 3 is 1.19 bits per heavy atom. The van der Waals surface area contributed by atoms with Crippen molar-refractivity contribution in [3.63, 3.8) is 0 Å². The van der Waals surface area contributed by atoms with E-state index in [2.05, 4.69) is 82.2 Å². The summed E-state index contributed by atoms with van der Waals surface area (Å²) in [5.41, 5.74) is 4.60. The zero-order chi connectivity index (χ0) is 19.1. The summed E-state index contributed by atoms with van der Waals surface area (Å²) in [5, 5.41) is 0. The highest BCUT2D eigenvalue weighted by molar-refractivity contribution is 5.81. The zero-order valence-corrected chi connectivity index (χ0v) is 16.7. The first kappa shape index (κ1) is 19.7. The fraction of sp³-hybridized carbons (Fsp3) is 0.364. The van der Waals surface area contributed by atoms with Crippen molar-refractivity contribution in [1.29, 1.82) is 0 Å². The first-order chi connectivity index (χ1) is 12.4. The van der Waals surface area contributed by atoms with Crippen molar-refractivity contribution < 1.29 is 0 Å². The van der Waals surface area contributed by atoms with Gasteiger partial charge in [0.05, 0.1) is 12.1 Å². The summed E-state index contributed by atoms with van der Waals surface area (Å²) in [6, 6.07) is 17.0. The van der Waals surface area contributed by atoms with Crippen LogP contribution in [0.5, 0.6) is 0 Å². The SMILES string of the molecule is C[C@H](N=Cc1ccc(N(C)C)cc1)[C@H](C)N=Cc1ccc(N(C)C)cc1. The summed E-state index contributed by atoms with van der Waals surface area (Å²) in [6.45, 7) is 4.20. The number of nitrogens with zero attached hydrogens (tertiary/aromatic N) is 4. The average molecular weight is 351 g/mol. The van der Waals surface area contributed by atoms with Crippen LogP contribution >= 0.6 is 0 Å². The maximum atomic E-state index is 4.66. The van der Waals surface area contributed by atoms with Crippen LogP contribution in [0, 0.1) is 0 Å². The Bertz CT molecular complexity index is 662. The second-order valence-corrected chi connectivity index (χ2v) is 7.01. The van der Waals surface area contributed by atoms with Crippen molar-refractivity contribution in [2.45, 2.75) is 25.9 Å². The lowest BCUT2D eigenvalue weighted by molar-refractivity contribution is 0.612. The lowest BCUT2D eigenvalue weighted by atomic mass is 10.1. The lowest BCUT2D eigenvalue weighted by Gasteiger charge is -2.13. The predicted octanol–water partition coefficient (Wildman–Crippen LogP) is 4.13. The van der Waals surface area contributed by atoms with Gasteiger partial charge in [0, 0.05) is 52.0 Å². The van der Waals surface area contributed by atoms with E-state index in [1.165, 1.54) is 11.4 Å². The van der Waals surface area contributed by atoms with E-state index in [0.717, 1.165) is 11.1 Å². The molecule has 0 radical (unpaired) electrons. The number of aliphatic imine (C=N–C) groups is 2. The highest BCUT2D eigenvalue weighted by Crippen LogP contribution is 2.13. The molecule has 4 heteroatoms. The van der Waals surface area contributed by atoms with Gasteiger partial charge < -0.3 is 9.80 Å². The first-order valence-corrected chi connectivity index (χ1v) is 8.98. The summed E-state index contributed by atoms with van der Waals surface area (Å²) in [6.07, 6.45) is 3.87. The molecule has 0 aliphatic heterocycles.